The second kappa shape index (κ2) is 7.84. The molecule has 1 aliphatic carbocycles. The fourth-order valence-corrected chi connectivity index (χ4v) is 2.96. The summed E-state index contributed by atoms with van der Waals surface area (Å²) < 4.78 is 13.5. The third-order valence-electron chi connectivity index (χ3n) is 4.32. The van der Waals surface area contributed by atoms with Gasteiger partial charge in [-0.1, -0.05) is 38.0 Å². The summed E-state index contributed by atoms with van der Waals surface area (Å²) in [4.78, 5) is 0. The number of unbranched alkanes of at least 4 members (excludes halogenated alkanes) is 1. The number of halogens is 1. The summed E-state index contributed by atoms with van der Waals surface area (Å²) in [6, 6.07) is 6.41. The Morgan fingerprint density at radius 3 is 2.62 bits per heavy atom. The van der Waals surface area contributed by atoms with Gasteiger partial charge < -0.3 is 0 Å². The Morgan fingerprint density at radius 2 is 2.00 bits per heavy atom. The minimum absolute atomic E-state index is 0.0805. The van der Waals surface area contributed by atoms with Crippen molar-refractivity contribution in [1.82, 2.24) is 0 Å². The lowest BCUT2D eigenvalue weighted by Gasteiger charge is -2.25. The van der Waals surface area contributed by atoms with Crippen molar-refractivity contribution in [2.75, 3.05) is 0 Å². The van der Waals surface area contributed by atoms with E-state index in [2.05, 4.69) is 18.8 Å². The summed E-state index contributed by atoms with van der Waals surface area (Å²) >= 11 is 0. The summed E-state index contributed by atoms with van der Waals surface area (Å²) in [6.07, 6.45) is 8.87. The van der Waals surface area contributed by atoms with E-state index in [-0.39, 0.29) is 5.56 Å². The Bertz CT molecular complexity index is 565. The molecule has 1 fully saturated rings. The molecule has 0 spiro atoms. The molecule has 2 rings (SSSR count). The molecule has 1 aromatic carbocycles. The van der Waals surface area contributed by atoms with Crippen LogP contribution in [-0.4, -0.2) is 0 Å². The molecule has 110 valence electrons. The van der Waals surface area contributed by atoms with Gasteiger partial charge in [0.05, 0.1) is 5.56 Å². The Hall–Kier alpha value is -1.80. The average molecular weight is 283 g/mol. The third-order valence-corrected chi connectivity index (χ3v) is 4.32. The first-order valence-electron chi connectivity index (χ1n) is 7.94. The van der Waals surface area contributed by atoms with Gasteiger partial charge >= 0.3 is 0 Å². The standard InChI is InChI=1S/C19H22FN/c1-2-3-4-15-5-7-16(8-6-15)9-10-17-11-12-18(14-21)19(20)13-17/h11-13,15-16H,2-8H2,1H3. The number of nitrogens with zero attached hydrogens (tertiary/aromatic N) is 1. The van der Waals surface area contributed by atoms with Crippen LogP contribution in [0.4, 0.5) is 4.39 Å². The molecule has 0 atom stereocenters. The molecule has 0 unspecified atom stereocenters. The van der Waals surface area contributed by atoms with Crippen LogP contribution in [0.3, 0.4) is 0 Å². The van der Waals surface area contributed by atoms with Crippen molar-refractivity contribution in [2.45, 2.75) is 51.9 Å². The zero-order chi connectivity index (χ0) is 15.1. The fourth-order valence-electron chi connectivity index (χ4n) is 2.96. The van der Waals surface area contributed by atoms with E-state index in [9.17, 15) is 4.39 Å². The first-order chi connectivity index (χ1) is 10.2. The summed E-state index contributed by atoms with van der Waals surface area (Å²) in [6.45, 7) is 2.24. The molecule has 1 aliphatic rings. The summed E-state index contributed by atoms with van der Waals surface area (Å²) in [5.74, 6) is 7.20. The topological polar surface area (TPSA) is 23.8 Å². The van der Waals surface area contributed by atoms with Crippen molar-refractivity contribution in [3.63, 3.8) is 0 Å². The van der Waals surface area contributed by atoms with Crippen LogP contribution in [0, 0.1) is 40.8 Å². The van der Waals surface area contributed by atoms with E-state index >= 15 is 0 Å². The van der Waals surface area contributed by atoms with Crippen LogP contribution in [-0.2, 0) is 0 Å². The second-order valence-corrected chi connectivity index (χ2v) is 5.94. The molecule has 0 aromatic heterocycles. The average Bonchev–Trinajstić information content (AvgIpc) is 2.52. The second-order valence-electron chi connectivity index (χ2n) is 5.94. The lowest BCUT2D eigenvalue weighted by molar-refractivity contribution is 0.296. The Kier molecular flexibility index (Phi) is 5.82. The van der Waals surface area contributed by atoms with E-state index < -0.39 is 5.82 Å². The van der Waals surface area contributed by atoms with Crippen molar-refractivity contribution in [3.8, 4) is 17.9 Å². The van der Waals surface area contributed by atoms with Gasteiger partial charge in [0.2, 0.25) is 0 Å². The predicted molar refractivity (Wildman–Crippen MR) is 83.0 cm³/mol. The van der Waals surface area contributed by atoms with Crippen LogP contribution in [0.15, 0.2) is 18.2 Å². The van der Waals surface area contributed by atoms with Gasteiger partial charge in [0.1, 0.15) is 11.9 Å². The van der Waals surface area contributed by atoms with Gasteiger partial charge in [0.15, 0.2) is 0 Å². The van der Waals surface area contributed by atoms with Crippen molar-refractivity contribution in [2.24, 2.45) is 11.8 Å². The minimum atomic E-state index is -0.479. The molecule has 21 heavy (non-hydrogen) atoms. The maximum atomic E-state index is 13.5. The maximum absolute atomic E-state index is 13.5. The molecule has 1 nitrogen and oxygen atoms in total. The molecule has 0 N–H and O–H groups in total. The van der Waals surface area contributed by atoms with Gasteiger partial charge in [-0.15, -0.1) is 0 Å². The van der Waals surface area contributed by atoms with Gasteiger partial charge in [-0.25, -0.2) is 4.39 Å². The van der Waals surface area contributed by atoms with Crippen LogP contribution < -0.4 is 0 Å². The molecule has 0 aliphatic heterocycles. The smallest absolute Gasteiger partial charge is 0.142 e. The lowest BCUT2D eigenvalue weighted by atomic mass is 9.80. The van der Waals surface area contributed by atoms with Gasteiger partial charge in [0.25, 0.3) is 0 Å². The molecule has 0 bridgehead atoms. The first kappa shape index (κ1) is 15.6. The highest BCUT2D eigenvalue weighted by atomic mass is 19.1. The number of nitriles is 1. The maximum Gasteiger partial charge on any atom is 0.142 e. The highest BCUT2D eigenvalue weighted by molar-refractivity contribution is 5.41. The third kappa shape index (κ3) is 4.61. The molecule has 1 aromatic rings. The van der Waals surface area contributed by atoms with E-state index in [1.54, 1.807) is 6.07 Å². The number of benzene rings is 1. The monoisotopic (exact) mass is 283 g/mol. The van der Waals surface area contributed by atoms with Gasteiger partial charge in [-0.3, -0.25) is 0 Å². The first-order valence-corrected chi connectivity index (χ1v) is 7.94. The van der Waals surface area contributed by atoms with Gasteiger partial charge in [-0.2, -0.15) is 5.26 Å². The van der Waals surface area contributed by atoms with E-state index in [4.69, 9.17) is 5.26 Å². The van der Waals surface area contributed by atoms with Crippen LogP contribution in [0.5, 0.6) is 0 Å². The van der Waals surface area contributed by atoms with Crippen molar-refractivity contribution in [3.05, 3.63) is 35.1 Å². The van der Waals surface area contributed by atoms with Crippen LogP contribution in [0.2, 0.25) is 0 Å². The van der Waals surface area contributed by atoms with Crippen LogP contribution in [0.1, 0.15) is 63.0 Å². The Morgan fingerprint density at radius 1 is 1.24 bits per heavy atom. The molecule has 1 saturated carbocycles. The molecule has 0 heterocycles. The highest BCUT2D eigenvalue weighted by Crippen LogP contribution is 2.31. The van der Waals surface area contributed by atoms with E-state index in [0.717, 1.165) is 5.92 Å². The van der Waals surface area contributed by atoms with E-state index in [1.807, 2.05) is 6.07 Å². The van der Waals surface area contributed by atoms with E-state index in [1.165, 1.54) is 57.1 Å². The van der Waals surface area contributed by atoms with Gasteiger partial charge in [0, 0.05) is 11.5 Å². The summed E-state index contributed by atoms with van der Waals surface area (Å²) in [7, 11) is 0. The molecule has 0 radical (unpaired) electrons. The molecular formula is C19H22FN. The SMILES string of the molecule is CCCCC1CCC(C#Cc2ccc(C#N)c(F)c2)CC1. The molecule has 0 amide bonds. The van der Waals surface area contributed by atoms with Crippen molar-refractivity contribution in [1.29, 1.82) is 5.26 Å². The molecule has 0 saturated heterocycles. The largest absolute Gasteiger partial charge is 0.206 e. The van der Waals surface area contributed by atoms with Crippen molar-refractivity contribution >= 4 is 0 Å². The predicted octanol–water partition coefficient (Wildman–Crippen LogP) is 5.05. The number of hydrogen-bond donors (Lipinski definition) is 0. The summed E-state index contributed by atoms with van der Waals surface area (Å²) in [5, 5.41) is 8.70. The van der Waals surface area contributed by atoms with Gasteiger partial charge in [-0.05, 0) is 49.8 Å². The zero-order valence-corrected chi connectivity index (χ0v) is 12.7. The quantitative estimate of drug-likeness (QED) is 0.712. The molecular weight excluding hydrogens is 261 g/mol. The fraction of sp³-hybridized carbons (Fsp3) is 0.526. The number of hydrogen-bond acceptors (Lipinski definition) is 1. The van der Waals surface area contributed by atoms with E-state index in [0.29, 0.717) is 11.5 Å². The minimum Gasteiger partial charge on any atom is -0.206 e. The van der Waals surface area contributed by atoms with Crippen LogP contribution >= 0.6 is 0 Å². The van der Waals surface area contributed by atoms with Crippen molar-refractivity contribution < 1.29 is 4.39 Å². The number of rotatable bonds is 3. The zero-order valence-electron chi connectivity index (χ0n) is 12.7. The Balaban J connectivity index is 1.89. The lowest BCUT2D eigenvalue weighted by Crippen LogP contribution is -2.13. The highest BCUT2D eigenvalue weighted by Gasteiger charge is 2.19. The molecule has 2 heteroatoms. The summed E-state index contributed by atoms with van der Waals surface area (Å²) in [5.41, 5.74) is 0.747. The Labute approximate surface area is 127 Å². The normalized spacial score (nSPS) is 21.2. The van der Waals surface area contributed by atoms with Crippen LogP contribution in [0.25, 0.3) is 0 Å².